The van der Waals surface area contributed by atoms with Gasteiger partial charge >= 0.3 is 0 Å². The largest absolute Gasteiger partial charge is 0.256 e. The molecule has 0 spiro atoms. The number of benzene rings is 13. The van der Waals surface area contributed by atoms with E-state index in [0.717, 1.165) is 201 Å². The van der Waals surface area contributed by atoms with Crippen molar-refractivity contribution in [1.82, 2.24) is 29.9 Å². The van der Waals surface area contributed by atoms with E-state index in [1.54, 1.807) is 0 Å². The molecule has 0 amide bonds. The minimum absolute atomic E-state index is 0.867. The van der Waals surface area contributed by atoms with Crippen LogP contribution in [0.3, 0.4) is 0 Å². The standard InChI is InChI=1S/C108H72N6/c1-7-30-97(91(24-1)73-40-48-77(49-41-73)103-36-13-17-60-109-103)85-65-86(98-31-8-2-25-92(98)74-42-50-78(51-43-74)104-37-14-18-61-110-104)68-89(67-85)101-34-11-5-28-95(101)83-56-58-107(113-71-83)81-22-21-23-82(64-81)108-59-57-84(72-114-108)96-29-6-12-35-102(96)90-69-87(99-32-9-3-26-93(99)75-44-52-79(53-45-75)105-38-15-19-62-111-105)66-88(70-90)100-33-10-4-27-94(100)76-46-54-80(55-47-76)106-39-16-20-63-112-106/h1-72H. The maximum absolute atomic E-state index is 5.24. The van der Waals surface area contributed by atoms with Crippen LogP contribution < -0.4 is 0 Å². The minimum atomic E-state index is 0.867. The summed E-state index contributed by atoms with van der Waals surface area (Å²) in [5, 5.41) is 0. The van der Waals surface area contributed by atoms with E-state index in [-0.39, 0.29) is 0 Å². The van der Waals surface area contributed by atoms with Gasteiger partial charge in [-0.15, -0.1) is 0 Å². The van der Waals surface area contributed by atoms with Crippen LogP contribution in [0.1, 0.15) is 0 Å². The molecule has 0 aliphatic carbocycles. The lowest BCUT2D eigenvalue weighted by Gasteiger charge is -2.18. The summed E-state index contributed by atoms with van der Waals surface area (Å²) in [6.45, 7) is 0. The SMILES string of the molecule is c1ccc(-c2ccc(-c3ccccc3-c3cc(-c4ccccc4-c4ccc(-c5ccccn5)cc4)cc(-c4ccccc4-c4ccc(-c5cccc(-c6ccc(-c7ccccc7-c7cc(-c8ccccc8-c8ccc(-c9ccccn9)cc8)cc(-c8ccccc8-c8ccc(-c9ccccn9)cc8)c7)cn6)c5)nc4)c3)cc2)nc1. The van der Waals surface area contributed by atoms with Gasteiger partial charge in [0.15, 0.2) is 0 Å². The molecule has 114 heavy (non-hydrogen) atoms. The molecule has 19 rings (SSSR count). The van der Waals surface area contributed by atoms with Gasteiger partial charge in [-0.05, 0) is 226 Å². The molecule has 0 unspecified atom stereocenters. The van der Waals surface area contributed by atoms with Crippen molar-refractivity contribution in [3.8, 4) is 201 Å². The molecule has 0 aliphatic rings. The first kappa shape index (κ1) is 69.2. The number of hydrogen-bond donors (Lipinski definition) is 0. The number of nitrogens with zero attached hydrogens (tertiary/aromatic N) is 6. The van der Waals surface area contributed by atoms with Crippen LogP contribution in [0.25, 0.3) is 201 Å². The minimum Gasteiger partial charge on any atom is -0.256 e. The van der Waals surface area contributed by atoms with E-state index in [9.17, 15) is 0 Å². The Morgan fingerprint density at radius 1 is 0.105 bits per heavy atom. The number of pyridine rings is 6. The van der Waals surface area contributed by atoms with Gasteiger partial charge in [0.1, 0.15) is 0 Å². The molecule has 0 saturated carbocycles. The van der Waals surface area contributed by atoms with E-state index in [4.69, 9.17) is 9.97 Å². The maximum Gasteiger partial charge on any atom is 0.0702 e. The van der Waals surface area contributed by atoms with Gasteiger partial charge < -0.3 is 0 Å². The molecule has 6 aromatic heterocycles. The van der Waals surface area contributed by atoms with Crippen LogP contribution in [0.5, 0.6) is 0 Å². The number of hydrogen-bond acceptors (Lipinski definition) is 6. The zero-order chi connectivity index (χ0) is 75.9. The molecule has 0 N–H and O–H groups in total. The van der Waals surface area contributed by atoms with E-state index in [2.05, 4.69) is 372 Å². The summed E-state index contributed by atoms with van der Waals surface area (Å²) in [5.74, 6) is 0. The first-order valence-electron chi connectivity index (χ1n) is 38.5. The molecule has 19 aromatic rings. The Kier molecular flexibility index (Phi) is 19.1. The van der Waals surface area contributed by atoms with Crippen LogP contribution in [0.15, 0.2) is 438 Å². The van der Waals surface area contributed by atoms with Crippen molar-refractivity contribution in [3.05, 3.63) is 438 Å². The van der Waals surface area contributed by atoms with Crippen molar-refractivity contribution in [1.29, 1.82) is 0 Å². The molecule has 6 heterocycles. The Morgan fingerprint density at radius 2 is 0.281 bits per heavy atom. The summed E-state index contributed by atoms with van der Waals surface area (Å²) in [7, 11) is 0. The van der Waals surface area contributed by atoms with Crippen LogP contribution in [0.2, 0.25) is 0 Å². The lowest BCUT2D eigenvalue weighted by atomic mass is 9.86. The molecule has 0 bridgehead atoms. The molecule has 0 atom stereocenters. The van der Waals surface area contributed by atoms with Gasteiger partial charge in [0.05, 0.1) is 34.2 Å². The Labute approximate surface area is 664 Å². The van der Waals surface area contributed by atoms with Gasteiger partial charge in [-0.3, -0.25) is 29.9 Å². The highest BCUT2D eigenvalue weighted by atomic mass is 14.7. The van der Waals surface area contributed by atoms with Crippen LogP contribution in [-0.4, -0.2) is 29.9 Å². The first-order valence-corrected chi connectivity index (χ1v) is 38.5. The number of rotatable bonds is 18. The molecule has 0 fully saturated rings. The van der Waals surface area contributed by atoms with Gasteiger partial charge in [-0.25, -0.2) is 0 Å². The Bertz CT molecular complexity index is 5940. The molecule has 534 valence electrons. The highest BCUT2D eigenvalue weighted by Crippen LogP contribution is 2.46. The second kappa shape index (κ2) is 31.4. The van der Waals surface area contributed by atoms with Crippen molar-refractivity contribution >= 4 is 0 Å². The molecule has 6 nitrogen and oxygen atoms in total. The highest BCUT2D eigenvalue weighted by Gasteiger charge is 2.21. The molecule has 13 aromatic carbocycles. The second-order valence-corrected chi connectivity index (χ2v) is 28.5. The molecule has 0 saturated heterocycles. The van der Waals surface area contributed by atoms with Crippen LogP contribution in [0.4, 0.5) is 0 Å². The molecule has 6 heteroatoms. The maximum atomic E-state index is 5.24. The predicted octanol–water partition coefficient (Wildman–Crippen LogP) is 28.1. The first-order chi connectivity index (χ1) is 56.5. The predicted molar refractivity (Wildman–Crippen MR) is 471 cm³/mol. The lowest BCUT2D eigenvalue weighted by molar-refractivity contribution is 1.31. The van der Waals surface area contributed by atoms with E-state index < -0.39 is 0 Å². The average Bonchev–Trinajstić information content (AvgIpc) is 0.764. The van der Waals surface area contributed by atoms with Crippen molar-refractivity contribution in [2.45, 2.75) is 0 Å². The Morgan fingerprint density at radius 3 is 0.482 bits per heavy atom. The number of aromatic nitrogens is 6. The topological polar surface area (TPSA) is 77.3 Å². The fraction of sp³-hybridized carbons (Fsp3) is 0. The fourth-order valence-corrected chi connectivity index (χ4v) is 15.8. The van der Waals surface area contributed by atoms with Crippen molar-refractivity contribution in [2.75, 3.05) is 0 Å². The van der Waals surface area contributed by atoms with Crippen LogP contribution in [0, 0.1) is 0 Å². The average molecular weight is 1450 g/mol. The molecular weight excluding hydrogens is 1380 g/mol. The fourth-order valence-electron chi connectivity index (χ4n) is 15.8. The third kappa shape index (κ3) is 14.3. The smallest absolute Gasteiger partial charge is 0.0702 e. The van der Waals surface area contributed by atoms with Gasteiger partial charge in [-0.1, -0.05) is 297 Å². The van der Waals surface area contributed by atoms with E-state index >= 15 is 0 Å². The summed E-state index contributed by atoms with van der Waals surface area (Å²) >= 11 is 0. The quantitative estimate of drug-likeness (QED) is 0.0852. The van der Waals surface area contributed by atoms with Crippen molar-refractivity contribution in [2.24, 2.45) is 0 Å². The molecule has 0 aliphatic heterocycles. The Balaban J connectivity index is 0.643. The monoisotopic (exact) mass is 1450 g/mol. The van der Waals surface area contributed by atoms with E-state index in [1.165, 1.54) is 0 Å². The summed E-state index contributed by atoms with van der Waals surface area (Å²) in [4.78, 5) is 29.1. The third-order valence-electron chi connectivity index (χ3n) is 21.5. The third-order valence-corrected chi connectivity index (χ3v) is 21.5. The van der Waals surface area contributed by atoms with Crippen molar-refractivity contribution in [3.63, 3.8) is 0 Å². The second-order valence-electron chi connectivity index (χ2n) is 28.5. The summed E-state index contributed by atoms with van der Waals surface area (Å²) in [6.07, 6.45) is 11.4. The lowest BCUT2D eigenvalue weighted by Crippen LogP contribution is -1.93. The van der Waals surface area contributed by atoms with Crippen LogP contribution in [-0.2, 0) is 0 Å². The van der Waals surface area contributed by atoms with Crippen LogP contribution >= 0.6 is 0 Å². The van der Waals surface area contributed by atoms with E-state index in [0.29, 0.717) is 0 Å². The molecular formula is C108H72N6. The zero-order valence-corrected chi connectivity index (χ0v) is 62.3. The normalized spacial score (nSPS) is 11.2. The van der Waals surface area contributed by atoms with Gasteiger partial charge in [0.25, 0.3) is 0 Å². The highest BCUT2D eigenvalue weighted by molar-refractivity contribution is 5.97. The van der Waals surface area contributed by atoms with Gasteiger partial charge in [0.2, 0.25) is 0 Å². The summed E-state index contributed by atoms with van der Waals surface area (Å²) in [6, 6.07) is 143. The Hall–Kier alpha value is -15.2. The van der Waals surface area contributed by atoms with Gasteiger partial charge in [0, 0.05) is 81.7 Å². The summed E-state index contributed by atoms with van der Waals surface area (Å²) in [5.41, 5.74) is 38.4. The zero-order valence-electron chi connectivity index (χ0n) is 62.3. The van der Waals surface area contributed by atoms with Crippen molar-refractivity contribution < 1.29 is 0 Å². The van der Waals surface area contributed by atoms with Gasteiger partial charge in [-0.2, -0.15) is 0 Å². The summed E-state index contributed by atoms with van der Waals surface area (Å²) < 4.78 is 0. The molecule has 0 radical (unpaired) electrons. The van der Waals surface area contributed by atoms with E-state index in [1.807, 2.05) is 85.7 Å².